The third-order valence-corrected chi connectivity index (χ3v) is 3.32. The molecule has 6 heteroatoms. The lowest BCUT2D eigenvalue weighted by molar-refractivity contribution is -0.0884. The minimum absolute atomic E-state index is 0.285. The van der Waals surface area contributed by atoms with Crippen LogP contribution in [0.3, 0.4) is 0 Å². The Morgan fingerprint density at radius 1 is 1.35 bits per heavy atom. The van der Waals surface area contributed by atoms with E-state index < -0.39 is 12.0 Å². The van der Waals surface area contributed by atoms with Gasteiger partial charge < -0.3 is 4.98 Å². The van der Waals surface area contributed by atoms with Crippen molar-refractivity contribution in [3.8, 4) is 0 Å². The Hall–Kier alpha value is -1.30. The molecule has 2 rings (SSSR count). The molecule has 0 spiro atoms. The minimum atomic E-state index is -4.85. The van der Waals surface area contributed by atoms with Crippen molar-refractivity contribution in [3.05, 3.63) is 33.9 Å². The van der Waals surface area contributed by atoms with E-state index in [2.05, 4.69) is 20.9 Å². The molecule has 17 heavy (non-hydrogen) atoms. The van der Waals surface area contributed by atoms with Crippen molar-refractivity contribution in [3.63, 3.8) is 0 Å². The highest BCUT2D eigenvalue weighted by Gasteiger charge is 2.40. The summed E-state index contributed by atoms with van der Waals surface area (Å²) >= 11 is 3.27. The van der Waals surface area contributed by atoms with Crippen LogP contribution in [0.2, 0.25) is 0 Å². The Balaban J connectivity index is 2.65. The van der Waals surface area contributed by atoms with Gasteiger partial charge in [0.2, 0.25) is 0 Å². The highest BCUT2D eigenvalue weighted by Crippen LogP contribution is 2.30. The molecule has 90 valence electrons. The van der Waals surface area contributed by atoms with E-state index in [1.54, 1.807) is 19.1 Å². The highest BCUT2D eigenvalue weighted by atomic mass is 79.9. The van der Waals surface area contributed by atoms with Gasteiger partial charge in [-0.1, -0.05) is 15.9 Å². The number of hydrogen-bond donors (Lipinski definition) is 1. The van der Waals surface area contributed by atoms with E-state index in [0.29, 0.717) is 5.52 Å². The van der Waals surface area contributed by atoms with E-state index >= 15 is 0 Å². The number of benzene rings is 1. The zero-order chi connectivity index (χ0) is 12.8. The normalized spacial score (nSPS) is 12.1. The number of hydrogen-bond acceptors (Lipinski definition) is 1. The molecule has 0 saturated carbocycles. The molecular formula is C11H7BrF3NO. The van der Waals surface area contributed by atoms with Gasteiger partial charge in [-0.3, -0.25) is 4.79 Å². The SMILES string of the molecule is Cc1cc2c(C(=O)C(F)(F)F)c[nH]c2cc1Br. The van der Waals surface area contributed by atoms with Crippen LogP contribution in [-0.2, 0) is 0 Å². The van der Waals surface area contributed by atoms with Gasteiger partial charge >= 0.3 is 6.18 Å². The number of ketones is 1. The number of halogens is 4. The van der Waals surface area contributed by atoms with E-state index in [4.69, 9.17) is 0 Å². The Labute approximate surface area is 103 Å². The van der Waals surface area contributed by atoms with Crippen molar-refractivity contribution in [2.45, 2.75) is 13.1 Å². The van der Waals surface area contributed by atoms with Gasteiger partial charge in [0.1, 0.15) is 0 Å². The molecule has 0 aliphatic heterocycles. The fraction of sp³-hybridized carbons (Fsp3) is 0.182. The summed E-state index contributed by atoms with van der Waals surface area (Å²) in [7, 11) is 0. The molecule has 2 aromatic rings. The van der Waals surface area contributed by atoms with Crippen molar-refractivity contribution in [2.24, 2.45) is 0 Å². The van der Waals surface area contributed by atoms with Crippen LogP contribution in [0.15, 0.2) is 22.8 Å². The topological polar surface area (TPSA) is 32.9 Å². The number of rotatable bonds is 1. The maximum atomic E-state index is 12.3. The lowest BCUT2D eigenvalue weighted by atomic mass is 10.1. The molecule has 0 fully saturated rings. The molecule has 0 amide bonds. The average molecular weight is 306 g/mol. The summed E-state index contributed by atoms with van der Waals surface area (Å²) in [5.41, 5.74) is 0.923. The van der Waals surface area contributed by atoms with E-state index in [1.165, 1.54) is 0 Å². The summed E-state index contributed by atoms with van der Waals surface area (Å²) in [6.07, 6.45) is -3.76. The molecule has 0 radical (unpaired) electrons. The fourth-order valence-electron chi connectivity index (χ4n) is 1.59. The second kappa shape index (κ2) is 3.87. The monoisotopic (exact) mass is 305 g/mol. The fourth-order valence-corrected chi connectivity index (χ4v) is 1.94. The first kappa shape index (κ1) is 12.2. The number of aromatic amines is 1. The van der Waals surface area contributed by atoms with Crippen LogP contribution in [0.4, 0.5) is 13.2 Å². The molecule has 0 atom stereocenters. The summed E-state index contributed by atoms with van der Waals surface area (Å²) in [6.45, 7) is 1.75. The quantitative estimate of drug-likeness (QED) is 0.794. The van der Waals surface area contributed by atoms with Gasteiger partial charge in [-0.15, -0.1) is 0 Å². The number of carbonyl (C=O) groups is 1. The number of nitrogens with one attached hydrogen (secondary N) is 1. The average Bonchev–Trinajstić information content (AvgIpc) is 2.59. The summed E-state index contributed by atoms with van der Waals surface area (Å²) in [5, 5.41) is 0.285. The summed E-state index contributed by atoms with van der Waals surface area (Å²) in [5.74, 6) is -1.83. The molecule has 1 aromatic heterocycles. The van der Waals surface area contributed by atoms with E-state index in [0.717, 1.165) is 16.2 Å². The van der Waals surface area contributed by atoms with E-state index in [1.807, 2.05) is 0 Å². The molecule has 1 aromatic carbocycles. The maximum Gasteiger partial charge on any atom is 0.454 e. The van der Waals surface area contributed by atoms with Crippen LogP contribution in [0.1, 0.15) is 15.9 Å². The number of fused-ring (bicyclic) bond motifs is 1. The highest BCUT2D eigenvalue weighted by molar-refractivity contribution is 9.10. The van der Waals surface area contributed by atoms with E-state index in [-0.39, 0.29) is 10.9 Å². The van der Waals surface area contributed by atoms with Crippen molar-refractivity contribution < 1.29 is 18.0 Å². The van der Waals surface area contributed by atoms with Gasteiger partial charge in [-0.25, -0.2) is 0 Å². The molecular weight excluding hydrogens is 299 g/mol. The summed E-state index contributed by atoms with van der Waals surface area (Å²) in [6, 6.07) is 3.20. The molecule has 1 heterocycles. The third-order valence-electron chi connectivity index (χ3n) is 2.46. The van der Waals surface area contributed by atoms with Gasteiger partial charge in [0, 0.05) is 21.6 Å². The summed E-state index contributed by atoms with van der Waals surface area (Å²) < 4.78 is 37.8. The first-order valence-corrected chi connectivity index (χ1v) is 5.49. The Morgan fingerprint density at radius 3 is 2.59 bits per heavy atom. The van der Waals surface area contributed by atoms with Crippen molar-refractivity contribution in [2.75, 3.05) is 0 Å². The minimum Gasteiger partial charge on any atom is -0.360 e. The number of H-pyrrole nitrogens is 1. The lowest BCUT2D eigenvalue weighted by Gasteiger charge is -2.04. The molecule has 0 unspecified atom stereocenters. The van der Waals surface area contributed by atoms with Crippen molar-refractivity contribution >= 4 is 32.6 Å². The van der Waals surface area contributed by atoms with Gasteiger partial charge in [-0.05, 0) is 24.6 Å². The molecule has 0 aliphatic rings. The van der Waals surface area contributed by atoms with Crippen LogP contribution < -0.4 is 0 Å². The van der Waals surface area contributed by atoms with Gasteiger partial charge in [-0.2, -0.15) is 13.2 Å². The Bertz CT molecular complexity index is 601. The number of aryl methyl sites for hydroxylation is 1. The number of alkyl halides is 3. The molecule has 1 N–H and O–H groups in total. The predicted molar refractivity (Wildman–Crippen MR) is 61.1 cm³/mol. The summed E-state index contributed by atoms with van der Waals surface area (Å²) in [4.78, 5) is 13.8. The second-order valence-electron chi connectivity index (χ2n) is 3.68. The van der Waals surface area contributed by atoms with Gasteiger partial charge in [0.15, 0.2) is 0 Å². The van der Waals surface area contributed by atoms with E-state index in [9.17, 15) is 18.0 Å². The Morgan fingerprint density at radius 2 is 2.00 bits per heavy atom. The zero-order valence-corrected chi connectivity index (χ0v) is 10.2. The van der Waals surface area contributed by atoms with Crippen molar-refractivity contribution in [1.29, 1.82) is 0 Å². The van der Waals surface area contributed by atoms with Gasteiger partial charge in [0.05, 0.1) is 5.56 Å². The molecule has 0 aliphatic carbocycles. The molecule has 2 nitrogen and oxygen atoms in total. The van der Waals surface area contributed by atoms with Gasteiger partial charge in [0.25, 0.3) is 5.78 Å². The standard InChI is InChI=1S/C11H7BrF3NO/c1-5-2-6-7(10(17)11(13,14)15)4-16-9(6)3-8(5)12/h2-4,16H,1H3. The van der Waals surface area contributed by atoms with Crippen LogP contribution >= 0.6 is 15.9 Å². The first-order valence-electron chi connectivity index (χ1n) is 4.69. The van der Waals surface area contributed by atoms with Crippen LogP contribution in [-0.4, -0.2) is 16.9 Å². The largest absolute Gasteiger partial charge is 0.454 e. The van der Waals surface area contributed by atoms with Crippen molar-refractivity contribution in [1.82, 2.24) is 4.98 Å². The first-order chi connectivity index (χ1) is 7.80. The second-order valence-corrected chi connectivity index (χ2v) is 4.53. The Kier molecular flexibility index (Phi) is 2.77. The zero-order valence-electron chi connectivity index (χ0n) is 8.65. The lowest BCUT2D eigenvalue weighted by Crippen LogP contribution is -2.22. The smallest absolute Gasteiger partial charge is 0.360 e. The molecule has 0 saturated heterocycles. The third kappa shape index (κ3) is 2.09. The number of carbonyl (C=O) groups excluding carboxylic acids is 1. The van der Waals surface area contributed by atoms with Crippen LogP contribution in [0.5, 0.6) is 0 Å². The number of Topliss-reactive ketones (excluding diaryl/α,β-unsaturated/α-hetero) is 1. The predicted octanol–water partition coefficient (Wildman–Crippen LogP) is 3.98. The van der Waals surface area contributed by atoms with Crippen LogP contribution in [0.25, 0.3) is 10.9 Å². The molecule has 0 bridgehead atoms. The van der Waals surface area contributed by atoms with Crippen LogP contribution in [0, 0.1) is 6.92 Å². The maximum absolute atomic E-state index is 12.3. The number of aromatic nitrogens is 1.